The van der Waals surface area contributed by atoms with Gasteiger partial charge < -0.3 is 10.8 Å². The number of aromatic nitrogens is 2. The predicted molar refractivity (Wildman–Crippen MR) is 42.3 cm³/mol. The molecule has 1 aromatic rings. The van der Waals surface area contributed by atoms with Crippen molar-refractivity contribution < 1.29 is 19.3 Å². The van der Waals surface area contributed by atoms with Crippen LogP contribution in [0.25, 0.3) is 0 Å². The van der Waals surface area contributed by atoms with Gasteiger partial charge in [-0.05, 0) is 10.3 Å². The Kier molecular flexibility index (Phi) is 2.74. The maximum Gasteiger partial charge on any atom is 0.348 e. The van der Waals surface area contributed by atoms with E-state index in [4.69, 9.17) is 10.8 Å². The summed E-state index contributed by atoms with van der Waals surface area (Å²) in [6, 6.07) is 0. The zero-order valence-electron chi connectivity index (χ0n) is 6.67. The van der Waals surface area contributed by atoms with Crippen LogP contribution in [0.1, 0.15) is 10.5 Å². The van der Waals surface area contributed by atoms with Crippen molar-refractivity contribution in [2.24, 2.45) is 5.10 Å². The molecule has 74 valence electrons. The smallest absolute Gasteiger partial charge is 0.348 e. The van der Waals surface area contributed by atoms with Crippen LogP contribution in [0.3, 0.4) is 0 Å². The van der Waals surface area contributed by atoms with E-state index in [1.165, 1.54) is 0 Å². The maximum absolute atomic E-state index is 11.0. The molecule has 0 bridgehead atoms. The van der Waals surface area contributed by atoms with E-state index in [2.05, 4.69) is 20.0 Å². The molecule has 0 saturated carbocycles. The Morgan fingerprint density at radius 3 is 2.79 bits per heavy atom. The summed E-state index contributed by atoms with van der Waals surface area (Å²) in [5, 5.41) is 17.5. The van der Waals surface area contributed by atoms with Gasteiger partial charge in [0.2, 0.25) is 11.5 Å². The lowest BCUT2D eigenvalue weighted by atomic mass is 10.4. The lowest BCUT2D eigenvalue weighted by molar-refractivity contribution is -0.128. The number of nitrogen functional groups attached to an aromatic ring is 1. The molecule has 0 radical (unpaired) electrons. The number of nitrogens with one attached hydrogen (secondary N) is 1. The van der Waals surface area contributed by atoms with Crippen molar-refractivity contribution in [2.45, 2.75) is 0 Å². The number of carbonyl (C=O) groups excluding carboxylic acids is 1. The summed E-state index contributed by atoms with van der Waals surface area (Å²) in [4.78, 5) is 21.0. The Bertz CT molecular complexity index is 383. The van der Waals surface area contributed by atoms with Crippen LogP contribution in [-0.4, -0.2) is 33.5 Å². The van der Waals surface area contributed by atoms with Gasteiger partial charge in [0.1, 0.15) is 6.21 Å². The summed E-state index contributed by atoms with van der Waals surface area (Å²) in [7, 11) is 0. The first-order valence-electron chi connectivity index (χ1n) is 3.25. The molecule has 0 aliphatic heterocycles. The number of hydrogen-bond donors (Lipinski definition) is 3. The van der Waals surface area contributed by atoms with Crippen LogP contribution < -0.4 is 11.2 Å². The number of nitrogens with two attached hydrogens (primary N) is 1. The van der Waals surface area contributed by atoms with E-state index in [1.54, 1.807) is 0 Å². The molecular weight excluding hydrogens is 194 g/mol. The molecular formula is C5H5N5O4. The molecule has 0 spiro atoms. The van der Waals surface area contributed by atoms with E-state index < -0.39 is 11.9 Å². The van der Waals surface area contributed by atoms with Gasteiger partial charge in [-0.2, -0.15) is 5.10 Å². The minimum Gasteiger partial charge on any atom is -0.477 e. The van der Waals surface area contributed by atoms with Crippen molar-refractivity contribution >= 4 is 23.9 Å². The number of hydrazone groups is 1. The Morgan fingerprint density at radius 1 is 1.57 bits per heavy atom. The van der Waals surface area contributed by atoms with Crippen molar-refractivity contribution in [3.63, 3.8) is 0 Å². The summed E-state index contributed by atoms with van der Waals surface area (Å²) in [6.45, 7) is 0. The topological polar surface area (TPSA) is 144 Å². The number of carboxylic acid groups (broad SMARTS) is 1. The number of amides is 1. The SMILES string of the molecule is Nc1nonc1C(=O)NN=CC(=O)O. The second kappa shape index (κ2) is 3.98. The van der Waals surface area contributed by atoms with Crippen LogP contribution in [0.5, 0.6) is 0 Å². The molecule has 0 saturated heterocycles. The van der Waals surface area contributed by atoms with Crippen LogP contribution in [0.2, 0.25) is 0 Å². The van der Waals surface area contributed by atoms with Crippen LogP contribution in [0.4, 0.5) is 5.82 Å². The van der Waals surface area contributed by atoms with Gasteiger partial charge in [0.15, 0.2) is 0 Å². The zero-order chi connectivity index (χ0) is 10.6. The van der Waals surface area contributed by atoms with E-state index in [-0.39, 0.29) is 11.5 Å². The standard InChI is InChI=1S/C5H5N5O4/c6-4-3(9-14-10-4)5(13)8-7-1-2(11)12/h1H,(H2,6,10)(H,8,13)(H,11,12). The van der Waals surface area contributed by atoms with Crippen molar-refractivity contribution in [3.05, 3.63) is 5.69 Å². The molecule has 0 aliphatic rings. The van der Waals surface area contributed by atoms with Crippen LogP contribution >= 0.6 is 0 Å². The number of anilines is 1. The third-order valence-corrected chi connectivity index (χ3v) is 1.07. The van der Waals surface area contributed by atoms with Gasteiger partial charge in [0.05, 0.1) is 0 Å². The molecule has 1 aromatic heterocycles. The first-order valence-corrected chi connectivity index (χ1v) is 3.25. The van der Waals surface area contributed by atoms with E-state index >= 15 is 0 Å². The van der Waals surface area contributed by atoms with Gasteiger partial charge in [0, 0.05) is 0 Å². The fourth-order valence-electron chi connectivity index (χ4n) is 0.552. The highest BCUT2D eigenvalue weighted by atomic mass is 16.6. The normalized spacial score (nSPS) is 10.3. The van der Waals surface area contributed by atoms with Gasteiger partial charge in [-0.1, -0.05) is 0 Å². The molecule has 1 amide bonds. The van der Waals surface area contributed by atoms with Crippen LogP contribution in [-0.2, 0) is 4.79 Å². The quantitative estimate of drug-likeness (QED) is 0.394. The first kappa shape index (κ1) is 9.64. The number of nitrogens with zero attached hydrogens (tertiary/aromatic N) is 3. The fourth-order valence-corrected chi connectivity index (χ4v) is 0.552. The molecule has 14 heavy (non-hydrogen) atoms. The highest BCUT2D eigenvalue weighted by molar-refractivity contribution is 6.22. The van der Waals surface area contributed by atoms with Gasteiger partial charge in [-0.3, -0.25) is 4.79 Å². The van der Waals surface area contributed by atoms with Crippen molar-refractivity contribution in [2.75, 3.05) is 5.73 Å². The number of carboxylic acids is 1. The highest BCUT2D eigenvalue weighted by Gasteiger charge is 2.14. The number of hydrogen-bond acceptors (Lipinski definition) is 7. The maximum atomic E-state index is 11.0. The number of carbonyl (C=O) groups is 2. The second-order valence-electron chi connectivity index (χ2n) is 2.04. The molecule has 0 atom stereocenters. The van der Waals surface area contributed by atoms with Gasteiger partial charge in [0.25, 0.3) is 5.91 Å². The fraction of sp³-hybridized carbons (Fsp3) is 0. The molecule has 9 heteroatoms. The van der Waals surface area contributed by atoms with Gasteiger partial charge in [-0.15, -0.1) is 0 Å². The molecule has 0 aromatic carbocycles. The Labute approximate surface area is 76.5 Å². The molecule has 4 N–H and O–H groups in total. The molecule has 9 nitrogen and oxygen atoms in total. The van der Waals surface area contributed by atoms with Crippen molar-refractivity contribution in [3.8, 4) is 0 Å². The molecule has 1 rings (SSSR count). The number of aliphatic carboxylic acids is 1. The zero-order valence-corrected chi connectivity index (χ0v) is 6.67. The summed E-state index contributed by atoms with van der Waals surface area (Å²) in [6.07, 6.45) is 0.502. The Balaban J connectivity index is 2.60. The average molecular weight is 199 g/mol. The van der Waals surface area contributed by atoms with Crippen molar-refractivity contribution in [1.82, 2.24) is 15.7 Å². The van der Waals surface area contributed by atoms with Crippen LogP contribution in [0, 0.1) is 0 Å². The molecule has 0 aliphatic carbocycles. The monoisotopic (exact) mass is 199 g/mol. The summed E-state index contributed by atoms with van der Waals surface area (Å²) in [5.41, 5.74) is 6.78. The lowest BCUT2D eigenvalue weighted by Crippen LogP contribution is -2.20. The summed E-state index contributed by atoms with van der Waals surface area (Å²) in [5.74, 6) is -2.30. The van der Waals surface area contributed by atoms with E-state index in [0.29, 0.717) is 6.21 Å². The van der Waals surface area contributed by atoms with Gasteiger partial charge in [-0.25, -0.2) is 14.8 Å². The Morgan fingerprint density at radius 2 is 2.29 bits per heavy atom. The lowest BCUT2D eigenvalue weighted by Gasteiger charge is -1.92. The predicted octanol–water partition coefficient (Wildman–Crippen LogP) is -1.55. The average Bonchev–Trinajstić information content (AvgIpc) is 2.50. The summed E-state index contributed by atoms with van der Waals surface area (Å²) < 4.78 is 4.14. The van der Waals surface area contributed by atoms with E-state index in [9.17, 15) is 9.59 Å². The minimum atomic E-state index is -1.29. The van der Waals surface area contributed by atoms with Crippen LogP contribution in [0.15, 0.2) is 9.73 Å². The van der Waals surface area contributed by atoms with E-state index in [1.807, 2.05) is 5.43 Å². The highest BCUT2D eigenvalue weighted by Crippen LogP contribution is 2.02. The number of rotatable bonds is 3. The molecule has 1 heterocycles. The summed E-state index contributed by atoms with van der Waals surface area (Å²) >= 11 is 0. The van der Waals surface area contributed by atoms with Gasteiger partial charge >= 0.3 is 5.97 Å². The van der Waals surface area contributed by atoms with E-state index in [0.717, 1.165) is 0 Å². The first-order chi connectivity index (χ1) is 6.61. The third-order valence-electron chi connectivity index (χ3n) is 1.07. The molecule has 0 unspecified atom stereocenters. The third kappa shape index (κ3) is 2.27. The van der Waals surface area contributed by atoms with Crippen molar-refractivity contribution in [1.29, 1.82) is 0 Å². The Hall–Kier alpha value is -2.45. The molecule has 0 fully saturated rings. The minimum absolute atomic E-state index is 0.201. The second-order valence-corrected chi connectivity index (χ2v) is 2.04. The largest absolute Gasteiger partial charge is 0.477 e.